The maximum atomic E-state index is 14.9. The Morgan fingerprint density at radius 1 is 1.37 bits per heavy atom. The summed E-state index contributed by atoms with van der Waals surface area (Å²) in [4.78, 5) is 2.21. The van der Waals surface area contributed by atoms with Crippen molar-refractivity contribution in [2.24, 2.45) is 0 Å². The topological polar surface area (TPSA) is 58.7 Å². The summed E-state index contributed by atoms with van der Waals surface area (Å²) in [6, 6.07) is 3.65. The molecule has 0 amide bonds. The molecule has 2 aromatic rings. The summed E-state index contributed by atoms with van der Waals surface area (Å²) in [7, 11) is 4.37. The van der Waals surface area contributed by atoms with Gasteiger partial charge in [-0.3, -0.25) is 4.90 Å². The molecule has 5 nitrogen and oxygen atoms in total. The third-order valence-electron chi connectivity index (χ3n) is 5.52. The van der Waals surface area contributed by atoms with Crippen LogP contribution in [0.3, 0.4) is 0 Å². The van der Waals surface area contributed by atoms with E-state index in [-0.39, 0.29) is 24.6 Å². The second-order valence-corrected chi connectivity index (χ2v) is 7.86. The van der Waals surface area contributed by atoms with Gasteiger partial charge in [0.25, 0.3) is 0 Å². The van der Waals surface area contributed by atoms with Crippen molar-refractivity contribution in [2.45, 2.75) is 45.3 Å². The zero-order valence-corrected chi connectivity index (χ0v) is 17.3. The lowest BCUT2D eigenvalue weighted by molar-refractivity contribution is -0.00877. The Bertz CT molecular complexity index is 753. The van der Waals surface area contributed by atoms with Crippen LogP contribution in [0.2, 0.25) is 0 Å². The van der Waals surface area contributed by atoms with E-state index in [0.29, 0.717) is 24.3 Å². The minimum Gasteiger partial charge on any atom is -0.395 e. The van der Waals surface area contributed by atoms with Crippen LogP contribution in [0.15, 0.2) is 16.7 Å². The van der Waals surface area contributed by atoms with Crippen LogP contribution in [-0.4, -0.2) is 54.1 Å². The molecule has 1 aromatic carbocycles. The van der Waals surface area contributed by atoms with E-state index in [0.717, 1.165) is 41.5 Å². The highest BCUT2D eigenvalue weighted by molar-refractivity contribution is 7.27. The minimum atomic E-state index is -0.224. The molecule has 0 bridgehead atoms. The third-order valence-corrected chi connectivity index (χ3v) is 6.04. The smallest absolute Gasteiger partial charge is 0.141 e. The lowest BCUT2D eigenvalue weighted by atomic mass is 9.98. The van der Waals surface area contributed by atoms with Gasteiger partial charge in [-0.15, -0.1) is 9.24 Å². The molecule has 1 fully saturated rings. The van der Waals surface area contributed by atoms with Crippen molar-refractivity contribution in [3.05, 3.63) is 35.0 Å². The summed E-state index contributed by atoms with van der Waals surface area (Å²) in [5.74, 6) is 0.465. The largest absolute Gasteiger partial charge is 0.395 e. The molecule has 0 aliphatic carbocycles. The monoisotopic (exact) mass is 394 g/mol. The number of aromatic nitrogens is 1. The van der Waals surface area contributed by atoms with Crippen molar-refractivity contribution in [2.75, 3.05) is 26.8 Å². The first-order chi connectivity index (χ1) is 12.9. The summed E-state index contributed by atoms with van der Waals surface area (Å²) in [6.07, 6.45) is 2.61. The number of methoxy groups -OCH3 is 1. The van der Waals surface area contributed by atoms with Crippen LogP contribution in [-0.2, 0) is 11.2 Å². The molecule has 7 heteroatoms. The predicted molar refractivity (Wildman–Crippen MR) is 107 cm³/mol. The Hall–Kier alpha value is -1.33. The molecule has 2 heterocycles. The average molecular weight is 394 g/mol. The number of ether oxygens (including phenoxy) is 1. The molecule has 1 N–H and O–H groups in total. The van der Waals surface area contributed by atoms with E-state index in [2.05, 4.69) is 19.3 Å². The number of piperidine rings is 1. The van der Waals surface area contributed by atoms with Crippen molar-refractivity contribution in [3.8, 4) is 11.1 Å². The van der Waals surface area contributed by atoms with Gasteiger partial charge in [-0.25, -0.2) is 4.39 Å². The molecular weight excluding hydrogens is 366 g/mol. The summed E-state index contributed by atoms with van der Waals surface area (Å²) < 4.78 is 25.6. The first kappa shape index (κ1) is 20.4. The van der Waals surface area contributed by atoms with Crippen LogP contribution in [0.4, 0.5) is 4.39 Å². The highest BCUT2D eigenvalue weighted by Crippen LogP contribution is 2.28. The fourth-order valence-corrected chi connectivity index (χ4v) is 4.41. The number of halogens is 1. The Kier molecular flexibility index (Phi) is 6.64. The van der Waals surface area contributed by atoms with Crippen molar-refractivity contribution in [1.82, 2.24) is 10.1 Å². The Morgan fingerprint density at radius 2 is 2.15 bits per heavy atom. The molecule has 0 spiro atoms. The van der Waals surface area contributed by atoms with Gasteiger partial charge in [-0.2, -0.15) is 0 Å². The van der Waals surface area contributed by atoms with Crippen LogP contribution in [0, 0.1) is 19.7 Å². The second-order valence-electron chi connectivity index (χ2n) is 7.24. The summed E-state index contributed by atoms with van der Waals surface area (Å²) in [5.41, 5.74) is 3.08. The number of aliphatic hydroxyl groups is 1. The average Bonchev–Trinajstić information content (AvgIpc) is 2.99. The van der Waals surface area contributed by atoms with Gasteiger partial charge >= 0.3 is 0 Å². The van der Waals surface area contributed by atoms with Gasteiger partial charge in [0, 0.05) is 31.8 Å². The van der Waals surface area contributed by atoms with E-state index >= 15 is 0 Å². The van der Waals surface area contributed by atoms with E-state index in [9.17, 15) is 9.50 Å². The van der Waals surface area contributed by atoms with Gasteiger partial charge in [-0.05, 0) is 61.7 Å². The molecule has 148 valence electrons. The fraction of sp³-hybridized carbons (Fsp3) is 0.550. The minimum absolute atomic E-state index is 0.119. The predicted octanol–water partition coefficient (Wildman–Crippen LogP) is 2.61. The van der Waals surface area contributed by atoms with Crippen LogP contribution in [0.25, 0.3) is 11.1 Å². The molecule has 1 aromatic heterocycles. The second kappa shape index (κ2) is 8.78. The molecule has 1 aliphatic rings. The number of rotatable bonds is 6. The maximum Gasteiger partial charge on any atom is 0.141 e. The van der Waals surface area contributed by atoms with Crippen LogP contribution >= 0.6 is 9.24 Å². The molecule has 3 rings (SSSR count). The van der Waals surface area contributed by atoms with Crippen LogP contribution in [0.1, 0.15) is 29.9 Å². The highest BCUT2D eigenvalue weighted by atomic mass is 31.0. The highest BCUT2D eigenvalue weighted by Gasteiger charge is 2.28. The van der Waals surface area contributed by atoms with Crippen molar-refractivity contribution >= 4 is 14.5 Å². The number of hydrogen-bond donors (Lipinski definition) is 1. The van der Waals surface area contributed by atoms with E-state index in [4.69, 9.17) is 9.26 Å². The molecular formula is C20H28FN2O3P. The lowest BCUT2D eigenvalue weighted by Gasteiger charge is -2.38. The number of benzene rings is 1. The molecule has 1 unspecified atom stereocenters. The molecule has 1 saturated heterocycles. The summed E-state index contributed by atoms with van der Waals surface area (Å²) >= 11 is 0. The van der Waals surface area contributed by atoms with Crippen LogP contribution < -0.4 is 5.30 Å². The first-order valence-electron chi connectivity index (χ1n) is 9.33. The van der Waals surface area contributed by atoms with Gasteiger partial charge in [0.1, 0.15) is 11.6 Å². The standard InChI is InChI=1S/C20H28FN2O3P/c1-12-20(13(2)26-22-12)14-8-18(21)17(19(27)9-14)6-7-23-10-16(25-3)5-4-15(23)11-24/h8-9,15-16,24H,4-7,10-11,27H2,1-3H3/t15-,16-/m1/s1. The molecule has 0 saturated carbocycles. The zero-order chi connectivity index (χ0) is 19.6. The fourth-order valence-electron chi connectivity index (χ4n) is 3.95. The summed E-state index contributed by atoms with van der Waals surface area (Å²) in [5, 5.41) is 14.4. The Morgan fingerprint density at radius 3 is 2.74 bits per heavy atom. The van der Waals surface area contributed by atoms with Gasteiger partial charge in [-0.1, -0.05) is 5.16 Å². The number of aryl methyl sites for hydroxylation is 2. The summed E-state index contributed by atoms with van der Waals surface area (Å²) in [6.45, 7) is 5.28. The van der Waals surface area contributed by atoms with E-state index in [1.165, 1.54) is 0 Å². The Balaban J connectivity index is 1.77. The maximum absolute atomic E-state index is 14.9. The quantitative estimate of drug-likeness (QED) is 0.764. The normalized spacial score (nSPS) is 21.0. The molecule has 1 aliphatic heterocycles. The number of likely N-dealkylation sites (tertiary alicyclic amines) is 1. The van der Waals surface area contributed by atoms with E-state index < -0.39 is 0 Å². The lowest BCUT2D eigenvalue weighted by Crippen LogP contribution is -2.48. The number of aliphatic hydroxyl groups excluding tert-OH is 1. The van der Waals surface area contributed by atoms with Crippen molar-refractivity contribution in [3.63, 3.8) is 0 Å². The number of hydrogen-bond acceptors (Lipinski definition) is 5. The van der Waals surface area contributed by atoms with Gasteiger partial charge in [0.2, 0.25) is 0 Å². The molecule has 27 heavy (non-hydrogen) atoms. The van der Waals surface area contributed by atoms with E-state index in [1.54, 1.807) is 13.2 Å². The molecule has 0 radical (unpaired) electrons. The van der Waals surface area contributed by atoms with Gasteiger partial charge < -0.3 is 14.4 Å². The third kappa shape index (κ3) is 4.40. The van der Waals surface area contributed by atoms with Gasteiger partial charge in [0.15, 0.2) is 0 Å². The SMILES string of the molecule is CO[C@@H]1CC[C@H](CO)N(CCc2c(F)cc(-c3c(C)noc3C)cc2P)C1. The number of nitrogens with zero attached hydrogens (tertiary/aromatic N) is 2. The first-order valence-corrected chi connectivity index (χ1v) is 9.91. The van der Waals surface area contributed by atoms with Crippen molar-refractivity contribution in [1.29, 1.82) is 0 Å². The van der Waals surface area contributed by atoms with E-state index in [1.807, 2.05) is 19.9 Å². The zero-order valence-electron chi connectivity index (χ0n) is 16.2. The van der Waals surface area contributed by atoms with Crippen molar-refractivity contribution < 1.29 is 18.8 Å². The molecule has 3 atom stereocenters. The van der Waals surface area contributed by atoms with Gasteiger partial charge in [0.05, 0.1) is 18.4 Å². The van der Waals surface area contributed by atoms with Crippen LogP contribution in [0.5, 0.6) is 0 Å². The Labute approximate surface area is 162 Å².